The molecule has 3 amide bonds. The molecule has 0 fully saturated rings. The average molecular weight is 400 g/mol. The summed E-state index contributed by atoms with van der Waals surface area (Å²) in [6.07, 6.45) is 0.942. The first-order chi connectivity index (χ1) is 14.6. The highest BCUT2D eigenvalue weighted by Crippen LogP contribution is 2.29. The predicted octanol–water partition coefficient (Wildman–Crippen LogP) is 4.07. The van der Waals surface area contributed by atoms with E-state index in [2.05, 4.69) is 12.2 Å². The number of carbonyl (C=O) groups excluding carboxylic acids is 3. The lowest BCUT2D eigenvalue weighted by Gasteiger charge is -2.14. The molecule has 1 aliphatic heterocycles. The van der Waals surface area contributed by atoms with E-state index in [1.165, 1.54) is 5.56 Å². The van der Waals surface area contributed by atoms with Gasteiger partial charge in [-0.05, 0) is 60.5 Å². The van der Waals surface area contributed by atoms with Crippen molar-refractivity contribution in [3.63, 3.8) is 0 Å². The van der Waals surface area contributed by atoms with Gasteiger partial charge in [0.2, 0.25) is 0 Å². The van der Waals surface area contributed by atoms with Gasteiger partial charge in [0.05, 0.1) is 16.8 Å². The number of aryl methyl sites for hydroxylation is 1. The minimum Gasteiger partial charge on any atom is -0.484 e. The maximum atomic E-state index is 12.5. The number of rotatable bonds is 6. The van der Waals surface area contributed by atoms with E-state index in [-0.39, 0.29) is 24.3 Å². The van der Waals surface area contributed by atoms with E-state index >= 15 is 0 Å². The van der Waals surface area contributed by atoms with Crippen LogP contribution in [0.15, 0.2) is 72.8 Å². The van der Waals surface area contributed by atoms with Gasteiger partial charge in [0.25, 0.3) is 17.7 Å². The van der Waals surface area contributed by atoms with Crippen molar-refractivity contribution in [1.29, 1.82) is 0 Å². The van der Waals surface area contributed by atoms with Crippen LogP contribution in [-0.4, -0.2) is 24.3 Å². The fourth-order valence-electron chi connectivity index (χ4n) is 3.28. The highest BCUT2D eigenvalue weighted by molar-refractivity contribution is 6.34. The van der Waals surface area contributed by atoms with E-state index in [0.717, 1.165) is 11.3 Å². The van der Waals surface area contributed by atoms with Crippen LogP contribution in [0.1, 0.15) is 33.2 Å². The summed E-state index contributed by atoms with van der Waals surface area (Å²) in [4.78, 5) is 38.4. The van der Waals surface area contributed by atoms with Crippen molar-refractivity contribution in [2.24, 2.45) is 0 Å². The zero-order valence-electron chi connectivity index (χ0n) is 16.4. The van der Waals surface area contributed by atoms with Gasteiger partial charge in [-0.25, -0.2) is 4.90 Å². The van der Waals surface area contributed by atoms with Crippen LogP contribution in [0, 0.1) is 0 Å². The molecule has 6 nitrogen and oxygen atoms in total. The molecule has 1 aliphatic rings. The lowest BCUT2D eigenvalue weighted by Crippen LogP contribution is -2.29. The zero-order valence-corrected chi connectivity index (χ0v) is 16.4. The number of hydrogen-bond donors (Lipinski definition) is 1. The van der Waals surface area contributed by atoms with E-state index in [1.807, 2.05) is 24.3 Å². The second-order valence-corrected chi connectivity index (χ2v) is 6.87. The Hall–Kier alpha value is -3.93. The number of benzene rings is 3. The standard InChI is InChI=1S/C24H20N2O4/c1-2-16-7-13-19(14-8-16)30-15-22(27)25-17-9-11-18(12-10-17)26-23(28)20-5-3-4-6-21(20)24(26)29/h3-14H,2,15H2,1H3,(H,25,27). The van der Waals surface area contributed by atoms with Crippen molar-refractivity contribution in [1.82, 2.24) is 0 Å². The highest BCUT2D eigenvalue weighted by Gasteiger charge is 2.36. The molecule has 6 heteroatoms. The Morgan fingerprint density at radius 2 is 1.47 bits per heavy atom. The average Bonchev–Trinajstić information content (AvgIpc) is 3.04. The molecule has 0 atom stereocenters. The molecule has 0 spiro atoms. The SMILES string of the molecule is CCc1ccc(OCC(=O)Nc2ccc(N3C(=O)c4ccccc4C3=O)cc2)cc1. The maximum Gasteiger partial charge on any atom is 0.266 e. The Morgan fingerprint density at radius 3 is 2.03 bits per heavy atom. The first-order valence-corrected chi connectivity index (χ1v) is 9.66. The molecule has 3 aromatic carbocycles. The van der Waals surface area contributed by atoms with Crippen molar-refractivity contribution in [2.45, 2.75) is 13.3 Å². The van der Waals surface area contributed by atoms with Crippen molar-refractivity contribution in [2.75, 3.05) is 16.8 Å². The van der Waals surface area contributed by atoms with Crippen LogP contribution in [0.25, 0.3) is 0 Å². The Balaban J connectivity index is 1.37. The number of amides is 3. The molecular formula is C24H20N2O4. The molecule has 4 rings (SSSR count). The fourth-order valence-corrected chi connectivity index (χ4v) is 3.28. The van der Waals surface area contributed by atoms with Gasteiger partial charge in [-0.2, -0.15) is 0 Å². The number of fused-ring (bicyclic) bond motifs is 1. The monoisotopic (exact) mass is 400 g/mol. The lowest BCUT2D eigenvalue weighted by molar-refractivity contribution is -0.118. The van der Waals surface area contributed by atoms with Crippen molar-refractivity contribution in [3.8, 4) is 5.75 Å². The summed E-state index contributed by atoms with van der Waals surface area (Å²) in [5.74, 6) is -0.379. The van der Waals surface area contributed by atoms with Crippen LogP contribution in [0.2, 0.25) is 0 Å². The minimum atomic E-state index is -0.352. The predicted molar refractivity (Wildman–Crippen MR) is 114 cm³/mol. The number of carbonyl (C=O) groups is 3. The number of nitrogens with zero attached hydrogens (tertiary/aromatic N) is 1. The summed E-state index contributed by atoms with van der Waals surface area (Å²) in [6.45, 7) is 1.95. The summed E-state index contributed by atoms with van der Waals surface area (Å²) < 4.78 is 5.50. The zero-order chi connectivity index (χ0) is 21.1. The van der Waals surface area contributed by atoms with E-state index in [1.54, 1.807) is 48.5 Å². The van der Waals surface area contributed by atoms with Crippen LogP contribution in [0.4, 0.5) is 11.4 Å². The summed E-state index contributed by atoms with van der Waals surface area (Å²) in [6, 6.07) is 20.9. The largest absolute Gasteiger partial charge is 0.484 e. The highest BCUT2D eigenvalue weighted by atomic mass is 16.5. The van der Waals surface area contributed by atoms with Crippen molar-refractivity contribution in [3.05, 3.63) is 89.5 Å². The number of hydrogen-bond acceptors (Lipinski definition) is 4. The molecule has 0 unspecified atom stereocenters. The van der Waals surface area contributed by atoms with Gasteiger partial charge in [-0.1, -0.05) is 31.2 Å². The quantitative estimate of drug-likeness (QED) is 0.633. The molecule has 0 aromatic heterocycles. The molecule has 30 heavy (non-hydrogen) atoms. The smallest absolute Gasteiger partial charge is 0.266 e. The number of anilines is 2. The summed E-state index contributed by atoms with van der Waals surface area (Å²) in [5.41, 5.74) is 2.98. The van der Waals surface area contributed by atoms with Gasteiger partial charge in [-0.15, -0.1) is 0 Å². The van der Waals surface area contributed by atoms with E-state index in [9.17, 15) is 14.4 Å². The van der Waals surface area contributed by atoms with Gasteiger partial charge in [0.15, 0.2) is 6.61 Å². The Morgan fingerprint density at radius 1 is 0.867 bits per heavy atom. The van der Waals surface area contributed by atoms with Crippen LogP contribution in [0.3, 0.4) is 0 Å². The van der Waals surface area contributed by atoms with E-state index < -0.39 is 0 Å². The molecule has 1 heterocycles. The molecule has 150 valence electrons. The third-order valence-electron chi connectivity index (χ3n) is 4.90. The number of nitrogens with one attached hydrogen (secondary N) is 1. The van der Waals surface area contributed by atoms with Gasteiger partial charge < -0.3 is 10.1 Å². The molecule has 0 bridgehead atoms. The second kappa shape index (κ2) is 8.21. The van der Waals surface area contributed by atoms with Crippen molar-refractivity contribution < 1.29 is 19.1 Å². The Bertz CT molecular complexity index is 1070. The minimum absolute atomic E-state index is 0.119. The van der Waals surface area contributed by atoms with Crippen molar-refractivity contribution >= 4 is 29.1 Å². The van der Waals surface area contributed by atoms with Crippen LogP contribution >= 0.6 is 0 Å². The number of ether oxygens (including phenoxy) is 1. The molecule has 1 N–H and O–H groups in total. The summed E-state index contributed by atoms with van der Waals surface area (Å²) in [5, 5.41) is 2.74. The first-order valence-electron chi connectivity index (χ1n) is 9.66. The lowest BCUT2D eigenvalue weighted by atomic mass is 10.1. The molecular weight excluding hydrogens is 380 g/mol. The first kappa shape index (κ1) is 19.4. The fraction of sp³-hybridized carbons (Fsp3) is 0.125. The Labute approximate surface area is 174 Å². The van der Waals surface area contributed by atoms with E-state index in [0.29, 0.717) is 28.3 Å². The molecule has 0 radical (unpaired) electrons. The summed E-state index contributed by atoms with van der Waals surface area (Å²) in [7, 11) is 0. The van der Waals surface area contributed by atoms with Crippen LogP contribution in [0.5, 0.6) is 5.75 Å². The molecule has 0 saturated carbocycles. The number of imide groups is 1. The van der Waals surface area contributed by atoms with E-state index in [4.69, 9.17) is 4.74 Å². The third kappa shape index (κ3) is 3.80. The van der Waals surface area contributed by atoms with Gasteiger partial charge >= 0.3 is 0 Å². The van der Waals surface area contributed by atoms with Crippen LogP contribution < -0.4 is 15.0 Å². The van der Waals surface area contributed by atoms with Gasteiger partial charge in [0, 0.05) is 5.69 Å². The van der Waals surface area contributed by atoms with Gasteiger partial charge in [0.1, 0.15) is 5.75 Å². The maximum absolute atomic E-state index is 12.5. The second-order valence-electron chi connectivity index (χ2n) is 6.87. The molecule has 0 saturated heterocycles. The normalized spacial score (nSPS) is 12.6. The third-order valence-corrected chi connectivity index (χ3v) is 4.90. The van der Waals surface area contributed by atoms with Crippen LogP contribution in [-0.2, 0) is 11.2 Å². The Kier molecular flexibility index (Phi) is 5.30. The topological polar surface area (TPSA) is 75.7 Å². The molecule has 0 aliphatic carbocycles. The van der Waals surface area contributed by atoms with Gasteiger partial charge in [-0.3, -0.25) is 14.4 Å². The summed E-state index contributed by atoms with van der Waals surface area (Å²) >= 11 is 0. The molecule has 3 aromatic rings.